The van der Waals surface area contributed by atoms with Crippen LogP contribution in [0.2, 0.25) is 0 Å². The van der Waals surface area contributed by atoms with Gasteiger partial charge in [0.15, 0.2) is 0 Å². The van der Waals surface area contributed by atoms with Crippen molar-refractivity contribution in [3.63, 3.8) is 0 Å². The molecule has 0 bridgehead atoms. The van der Waals surface area contributed by atoms with E-state index in [9.17, 15) is 23.2 Å². The normalized spacial score (nSPS) is 24.0. The number of hydrogen-bond donors (Lipinski definition) is 3. The van der Waals surface area contributed by atoms with Crippen LogP contribution in [0.4, 0.5) is 20.3 Å². The van der Waals surface area contributed by atoms with Gasteiger partial charge in [-0.3, -0.25) is 14.4 Å². The van der Waals surface area contributed by atoms with Gasteiger partial charge in [0.25, 0.3) is 0 Å². The van der Waals surface area contributed by atoms with Crippen LogP contribution in [0.15, 0.2) is 54.7 Å². The summed E-state index contributed by atoms with van der Waals surface area (Å²) < 4.78 is 28.3. The molecule has 2 saturated heterocycles. The minimum Gasteiger partial charge on any atom is -0.326 e. The van der Waals surface area contributed by atoms with E-state index in [0.29, 0.717) is 68.7 Å². The Kier molecular flexibility index (Phi) is 6.34. The lowest BCUT2D eigenvalue weighted by molar-refractivity contribution is -0.154. The van der Waals surface area contributed by atoms with Crippen molar-refractivity contribution in [2.45, 2.75) is 50.0 Å². The third-order valence-corrected chi connectivity index (χ3v) is 9.60. The zero-order valence-corrected chi connectivity index (χ0v) is 23.0. The van der Waals surface area contributed by atoms with E-state index < -0.39 is 34.4 Å². The molecule has 216 valence electrons. The molecule has 2 spiro atoms. The fraction of sp³-hybridized carbons (Fsp3) is 0.375. The molecule has 0 saturated carbocycles. The van der Waals surface area contributed by atoms with Crippen molar-refractivity contribution in [1.29, 1.82) is 0 Å². The lowest BCUT2D eigenvalue weighted by Crippen LogP contribution is -2.55. The number of carbonyl (C=O) groups is 3. The lowest BCUT2D eigenvalue weighted by Gasteiger charge is -2.47. The Morgan fingerprint density at radius 3 is 2.55 bits per heavy atom. The van der Waals surface area contributed by atoms with Crippen molar-refractivity contribution >= 4 is 29.2 Å². The molecule has 3 amide bonds. The fourth-order valence-corrected chi connectivity index (χ4v) is 7.49. The maximum Gasteiger partial charge on any atom is 0.244 e. The summed E-state index contributed by atoms with van der Waals surface area (Å²) in [5.74, 6) is -1.45. The molecular weight excluding hydrogens is 540 g/mol. The van der Waals surface area contributed by atoms with E-state index in [1.807, 2.05) is 24.3 Å². The van der Waals surface area contributed by atoms with Crippen LogP contribution in [0.1, 0.15) is 54.0 Å². The van der Waals surface area contributed by atoms with Crippen LogP contribution in [-0.4, -0.2) is 47.2 Å². The number of amides is 3. The number of hydrogen-bond acceptors (Lipinski definition) is 5. The smallest absolute Gasteiger partial charge is 0.244 e. The molecular formula is C32H31F2N5O3. The minimum absolute atomic E-state index is 0.0757. The van der Waals surface area contributed by atoms with Crippen molar-refractivity contribution < 1.29 is 23.2 Å². The standard InChI is InChI=1S/C32H31F2N5O3/c33-22-12-20(13-23(34)15-22)26-5-6-31(7-10-35-11-8-31)30(42)39(26)18-27(40)37-24-4-3-19-16-32(17-21(19)14-24)25-2-1-9-36-28(25)38-29(32)41/h1-4,9,12-15,26,35H,5-8,10-11,16-18H2,(H,37,40)(H,36,38,41)/t26-,32?/m1/s1. The molecule has 4 heterocycles. The SMILES string of the molecule is O=C(CN1C(=O)C2(CCNCC2)CC[C@@H]1c1cc(F)cc(F)c1)Nc1ccc2c(c1)CC1(C2)C(=O)Nc2ncccc21. The highest BCUT2D eigenvalue weighted by molar-refractivity contribution is 6.06. The maximum atomic E-state index is 14.2. The second-order valence-electron chi connectivity index (χ2n) is 12.0. The van der Waals surface area contributed by atoms with E-state index in [1.165, 1.54) is 17.0 Å². The molecule has 8 nitrogen and oxygen atoms in total. The van der Waals surface area contributed by atoms with Crippen LogP contribution < -0.4 is 16.0 Å². The summed E-state index contributed by atoms with van der Waals surface area (Å²) in [7, 11) is 0. The van der Waals surface area contributed by atoms with E-state index in [4.69, 9.17) is 0 Å². The third kappa shape index (κ3) is 4.36. The van der Waals surface area contributed by atoms with Gasteiger partial charge in [-0.1, -0.05) is 12.1 Å². The first-order valence-electron chi connectivity index (χ1n) is 14.4. The first-order valence-corrected chi connectivity index (χ1v) is 14.4. The predicted molar refractivity (Wildman–Crippen MR) is 152 cm³/mol. The summed E-state index contributed by atoms with van der Waals surface area (Å²) in [6, 6.07) is 12.1. The van der Waals surface area contributed by atoms with Crippen LogP contribution in [0.5, 0.6) is 0 Å². The Morgan fingerprint density at radius 1 is 1.00 bits per heavy atom. The number of nitrogens with zero attached hydrogens (tertiary/aromatic N) is 2. The quantitative estimate of drug-likeness (QED) is 0.439. The first kappa shape index (κ1) is 26.7. The second-order valence-corrected chi connectivity index (χ2v) is 12.0. The number of likely N-dealkylation sites (tertiary alicyclic amines) is 1. The number of piperidine rings is 2. The van der Waals surface area contributed by atoms with E-state index in [-0.39, 0.29) is 18.4 Å². The Labute approximate surface area is 241 Å². The summed E-state index contributed by atoms with van der Waals surface area (Å²) in [6.07, 6.45) is 5.13. The van der Waals surface area contributed by atoms with Gasteiger partial charge in [0.05, 0.1) is 16.9 Å². The summed E-state index contributed by atoms with van der Waals surface area (Å²) in [5.41, 5.74) is 2.50. The molecule has 10 heteroatoms. The number of fused-ring (bicyclic) bond motifs is 3. The first-order chi connectivity index (χ1) is 20.3. The molecule has 1 aromatic heterocycles. The van der Waals surface area contributed by atoms with Crippen molar-refractivity contribution in [1.82, 2.24) is 15.2 Å². The Balaban J connectivity index is 1.12. The van der Waals surface area contributed by atoms with Crippen LogP contribution >= 0.6 is 0 Å². The highest BCUT2D eigenvalue weighted by atomic mass is 19.1. The van der Waals surface area contributed by atoms with E-state index >= 15 is 0 Å². The van der Waals surface area contributed by atoms with Crippen LogP contribution in [-0.2, 0) is 32.6 Å². The van der Waals surface area contributed by atoms with Gasteiger partial charge >= 0.3 is 0 Å². The second kappa shape index (κ2) is 9.97. The van der Waals surface area contributed by atoms with Crippen LogP contribution in [0.25, 0.3) is 0 Å². The largest absolute Gasteiger partial charge is 0.326 e. The molecule has 42 heavy (non-hydrogen) atoms. The van der Waals surface area contributed by atoms with Gasteiger partial charge in [-0.15, -0.1) is 0 Å². The van der Waals surface area contributed by atoms with Gasteiger partial charge in [-0.05, 0) is 98.6 Å². The maximum absolute atomic E-state index is 14.2. The molecule has 3 aliphatic heterocycles. The molecule has 2 fully saturated rings. The predicted octanol–water partition coefficient (Wildman–Crippen LogP) is 4.02. The summed E-state index contributed by atoms with van der Waals surface area (Å²) in [5, 5.41) is 9.12. The third-order valence-electron chi connectivity index (χ3n) is 9.60. The average molecular weight is 572 g/mol. The molecule has 2 aromatic carbocycles. The van der Waals surface area contributed by atoms with Crippen LogP contribution in [0, 0.1) is 17.0 Å². The minimum atomic E-state index is -0.717. The molecule has 1 unspecified atom stereocenters. The monoisotopic (exact) mass is 571 g/mol. The lowest BCUT2D eigenvalue weighted by atomic mass is 9.70. The number of pyridine rings is 1. The van der Waals surface area contributed by atoms with Crippen molar-refractivity contribution in [2.24, 2.45) is 5.41 Å². The van der Waals surface area contributed by atoms with Gasteiger partial charge in [0.1, 0.15) is 24.0 Å². The van der Waals surface area contributed by atoms with Crippen LogP contribution in [0.3, 0.4) is 0 Å². The number of rotatable bonds is 4. The molecule has 3 N–H and O–H groups in total. The molecule has 7 rings (SSSR count). The number of anilines is 2. The number of halogens is 2. The summed E-state index contributed by atoms with van der Waals surface area (Å²) in [6.45, 7) is 1.18. The molecule has 2 atom stereocenters. The van der Waals surface area contributed by atoms with Gasteiger partial charge in [-0.25, -0.2) is 13.8 Å². The van der Waals surface area contributed by atoms with Gasteiger partial charge in [0, 0.05) is 23.5 Å². The number of nitrogens with one attached hydrogen (secondary N) is 3. The number of benzene rings is 2. The molecule has 0 radical (unpaired) electrons. The Bertz CT molecular complexity index is 1600. The molecule has 4 aliphatic rings. The molecule has 1 aliphatic carbocycles. The zero-order chi connectivity index (χ0) is 29.1. The van der Waals surface area contributed by atoms with E-state index in [1.54, 1.807) is 12.3 Å². The fourth-order valence-electron chi connectivity index (χ4n) is 7.49. The highest BCUT2D eigenvalue weighted by Crippen LogP contribution is 2.48. The number of aromatic nitrogens is 1. The van der Waals surface area contributed by atoms with Gasteiger partial charge < -0.3 is 20.9 Å². The van der Waals surface area contributed by atoms with Crippen molar-refractivity contribution in [3.05, 3.63) is 88.6 Å². The Hall–Kier alpha value is -4.18. The molecule has 3 aromatic rings. The summed E-state index contributed by atoms with van der Waals surface area (Å²) in [4.78, 5) is 46.3. The van der Waals surface area contributed by atoms with Crippen molar-refractivity contribution in [2.75, 3.05) is 30.3 Å². The van der Waals surface area contributed by atoms with E-state index in [2.05, 4.69) is 20.9 Å². The zero-order valence-electron chi connectivity index (χ0n) is 23.0. The number of carbonyl (C=O) groups excluding carboxylic acids is 3. The summed E-state index contributed by atoms with van der Waals surface area (Å²) >= 11 is 0. The van der Waals surface area contributed by atoms with Crippen molar-refractivity contribution in [3.8, 4) is 0 Å². The highest BCUT2D eigenvalue weighted by Gasteiger charge is 2.51. The van der Waals surface area contributed by atoms with E-state index in [0.717, 1.165) is 22.8 Å². The average Bonchev–Trinajstić information content (AvgIpc) is 3.48. The van der Waals surface area contributed by atoms with Gasteiger partial charge in [0.2, 0.25) is 17.7 Å². The Morgan fingerprint density at radius 2 is 1.76 bits per heavy atom. The van der Waals surface area contributed by atoms with Gasteiger partial charge in [-0.2, -0.15) is 0 Å². The topological polar surface area (TPSA) is 103 Å².